The van der Waals surface area contributed by atoms with E-state index in [-0.39, 0.29) is 12.5 Å². The summed E-state index contributed by atoms with van der Waals surface area (Å²) in [4.78, 5) is 14.5. The normalized spacial score (nSPS) is 15.3. The minimum absolute atomic E-state index is 0.0642. The molecule has 1 aromatic carbocycles. The zero-order chi connectivity index (χ0) is 21.4. The lowest BCUT2D eigenvalue weighted by molar-refractivity contribution is -0.131. The van der Waals surface area contributed by atoms with Gasteiger partial charge in [0.25, 0.3) is 0 Å². The maximum Gasteiger partial charge on any atom is 0.243 e. The third-order valence-electron chi connectivity index (χ3n) is 5.32. The van der Waals surface area contributed by atoms with Gasteiger partial charge in [-0.05, 0) is 49.1 Å². The quantitative estimate of drug-likeness (QED) is 0.604. The molecule has 0 saturated carbocycles. The van der Waals surface area contributed by atoms with Crippen molar-refractivity contribution in [2.75, 3.05) is 19.6 Å². The smallest absolute Gasteiger partial charge is 0.243 e. The fourth-order valence-corrected chi connectivity index (χ4v) is 5.12. The number of amides is 1. The van der Waals surface area contributed by atoms with E-state index in [4.69, 9.17) is 10.8 Å². The van der Waals surface area contributed by atoms with Gasteiger partial charge in [0.05, 0.1) is 24.2 Å². The number of sulfonamides is 1. The van der Waals surface area contributed by atoms with Crippen LogP contribution in [0.5, 0.6) is 0 Å². The van der Waals surface area contributed by atoms with E-state index in [2.05, 4.69) is 5.92 Å². The molecule has 1 aliphatic heterocycles. The minimum atomic E-state index is -3.46. The van der Waals surface area contributed by atoms with Gasteiger partial charge in [0, 0.05) is 19.5 Å². The molecule has 0 radical (unpaired) electrons. The number of carbonyl (C=O) groups is 1. The summed E-state index contributed by atoms with van der Waals surface area (Å²) < 4.78 is 32.6. The lowest BCUT2D eigenvalue weighted by Crippen LogP contribution is -2.32. The van der Waals surface area contributed by atoms with Crippen LogP contribution in [0.3, 0.4) is 0 Å². The number of furan rings is 1. The van der Waals surface area contributed by atoms with Crippen LogP contribution in [0.1, 0.15) is 43.4 Å². The molecule has 3 rings (SSSR count). The summed E-state index contributed by atoms with van der Waals surface area (Å²) in [6, 6.07) is 10.4. The van der Waals surface area contributed by atoms with E-state index in [1.165, 1.54) is 0 Å². The van der Waals surface area contributed by atoms with E-state index in [1.54, 1.807) is 51.9 Å². The van der Waals surface area contributed by atoms with E-state index in [0.29, 0.717) is 43.1 Å². The van der Waals surface area contributed by atoms with Crippen LogP contribution < -0.4 is 0 Å². The van der Waals surface area contributed by atoms with Gasteiger partial charge in [-0.25, -0.2) is 8.42 Å². The van der Waals surface area contributed by atoms with Crippen molar-refractivity contribution in [2.45, 2.75) is 50.0 Å². The van der Waals surface area contributed by atoms with Crippen LogP contribution >= 0.6 is 0 Å². The number of nitrogens with zero attached hydrogens (tertiary/aromatic N) is 2. The number of hydrogen-bond donors (Lipinski definition) is 0. The molecule has 0 spiro atoms. The summed E-state index contributed by atoms with van der Waals surface area (Å²) in [5.41, 5.74) is 0.914. The van der Waals surface area contributed by atoms with Gasteiger partial charge in [-0.15, -0.1) is 6.42 Å². The number of rotatable bonds is 8. The maximum atomic E-state index is 12.9. The first-order valence-corrected chi connectivity index (χ1v) is 11.8. The molecular weight excluding hydrogens is 400 g/mol. The van der Waals surface area contributed by atoms with Crippen molar-refractivity contribution >= 4 is 15.9 Å². The van der Waals surface area contributed by atoms with Crippen molar-refractivity contribution in [3.05, 3.63) is 54.0 Å². The van der Waals surface area contributed by atoms with Gasteiger partial charge in [-0.3, -0.25) is 4.79 Å². The molecule has 1 aliphatic rings. The topological polar surface area (TPSA) is 70.8 Å². The van der Waals surface area contributed by atoms with Crippen LogP contribution in [-0.4, -0.2) is 43.2 Å². The molecule has 6 nitrogen and oxygen atoms in total. The predicted molar refractivity (Wildman–Crippen MR) is 115 cm³/mol. The highest BCUT2D eigenvalue weighted by Gasteiger charge is 2.25. The zero-order valence-corrected chi connectivity index (χ0v) is 17.9. The summed E-state index contributed by atoms with van der Waals surface area (Å²) in [5.74, 6) is 3.13. The van der Waals surface area contributed by atoms with Gasteiger partial charge in [0.1, 0.15) is 5.76 Å². The Morgan fingerprint density at radius 3 is 2.40 bits per heavy atom. The van der Waals surface area contributed by atoms with Gasteiger partial charge in [0.15, 0.2) is 0 Å². The summed E-state index contributed by atoms with van der Waals surface area (Å²) in [6.07, 6.45) is 11.7. The average Bonchev–Trinajstić information content (AvgIpc) is 3.10. The van der Waals surface area contributed by atoms with Gasteiger partial charge in [-0.2, -0.15) is 4.31 Å². The molecule has 2 heterocycles. The first-order chi connectivity index (χ1) is 14.5. The summed E-state index contributed by atoms with van der Waals surface area (Å²) in [7, 11) is -3.46. The molecule has 0 atom stereocenters. The van der Waals surface area contributed by atoms with Gasteiger partial charge in [0.2, 0.25) is 15.9 Å². The number of benzene rings is 1. The first kappa shape index (κ1) is 22.1. The minimum Gasteiger partial charge on any atom is -0.467 e. The Balaban J connectivity index is 1.59. The SMILES string of the molecule is C#CCN(Cc1ccco1)C(=O)CCc1ccc(S(=O)(=O)N2CCCCCC2)cc1. The molecule has 1 aromatic heterocycles. The molecule has 160 valence electrons. The van der Waals surface area contributed by atoms with E-state index >= 15 is 0 Å². The lowest BCUT2D eigenvalue weighted by Gasteiger charge is -2.20. The Bertz CT molecular complexity index is 952. The number of aryl methyl sites for hydroxylation is 1. The molecule has 2 aromatic rings. The molecule has 30 heavy (non-hydrogen) atoms. The standard InChI is InChI=1S/C23H28N2O4S/c1-2-15-24(19-21-8-7-18-29-21)23(26)14-11-20-9-12-22(13-10-20)30(27,28)25-16-5-3-4-6-17-25/h1,7-10,12-13,18H,3-6,11,14-17,19H2. The largest absolute Gasteiger partial charge is 0.467 e. The molecule has 7 heteroatoms. The molecule has 0 N–H and O–H groups in total. The van der Waals surface area contributed by atoms with E-state index in [9.17, 15) is 13.2 Å². The van der Waals surface area contributed by atoms with Crippen LogP contribution in [0.2, 0.25) is 0 Å². The Morgan fingerprint density at radius 1 is 1.10 bits per heavy atom. The van der Waals surface area contributed by atoms with E-state index in [1.807, 2.05) is 0 Å². The Hall–Kier alpha value is -2.56. The van der Waals surface area contributed by atoms with Crippen molar-refractivity contribution in [1.29, 1.82) is 0 Å². The van der Waals surface area contributed by atoms with Crippen LogP contribution in [0, 0.1) is 12.3 Å². The second kappa shape index (κ2) is 10.5. The molecular formula is C23H28N2O4S. The Morgan fingerprint density at radius 2 is 1.80 bits per heavy atom. The van der Waals surface area contributed by atoms with E-state index < -0.39 is 10.0 Å². The van der Waals surface area contributed by atoms with Crippen LogP contribution in [0.15, 0.2) is 52.0 Å². The molecule has 1 amide bonds. The Kier molecular flexibility index (Phi) is 7.72. The maximum absolute atomic E-state index is 12.9. The van der Waals surface area contributed by atoms with Crippen LogP contribution in [0.4, 0.5) is 0 Å². The van der Waals surface area contributed by atoms with Crippen LogP contribution in [0.25, 0.3) is 0 Å². The third-order valence-corrected chi connectivity index (χ3v) is 7.23. The fourth-order valence-electron chi connectivity index (χ4n) is 3.60. The first-order valence-electron chi connectivity index (χ1n) is 10.3. The second-order valence-corrected chi connectivity index (χ2v) is 9.43. The summed E-state index contributed by atoms with van der Waals surface area (Å²) >= 11 is 0. The van der Waals surface area contributed by atoms with Gasteiger partial charge >= 0.3 is 0 Å². The Labute approximate surface area is 178 Å². The molecule has 0 aliphatic carbocycles. The molecule has 1 saturated heterocycles. The third kappa shape index (κ3) is 5.74. The van der Waals surface area contributed by atoms with Crippen molar-refractivity contribution in [1.82, 2.24) is 9.21 Å². The molecule has 0 bridgehead atoms. The second-order valence-electron chi connectivity index (χ2n) is 7.50. The van der Waals surface area contributed by atoms with Gasteiger partial charge in [-0.1, -0.05) is 30.9 Å². The lowest BCUT2D eigenvalue weighted by atomic mass is 10.1. The van der Waals surface area contributed by atoms with Crippen molar-refractivity contribution < 1.29 is 17.6 Å². The van der Waals surface area contributed by atoms with Crippen molar-refractivity contribution in [3.63, 3.8) is 0 Å². The average molecular weight is 429 g/mol. The molecule has 0 unspecified atom stereocenters. The van der Waals surface area contributed by atoms with Crippen molar-refractivity contribution in [3.8, 4) is 12.3 Å². The molecule has 1 fully saturated rings. The zero-order valence-electron chi connectivity index (χ0n) is 17.1. The van der Waals surface area contributed by atoms with Crippen molar-refractivity contribution in [2.24, 2.45) is 0 Å². The monoisotopic (exact) mass is 428 g/mol. The summed E-state index contributed by atoms with van der Waals surface area (Å²) in [5, 5.41) is 0. The number of carbonyl (C=O) groups excluding carboxylic acids is 1. The highest BCUT2D eigenvalue weighted by atomic mass is 32.2. The summed E-state index contributed by atoms with van der Waals surface area (Å²) in [6.45, 7) is 1.72. The van der Waals surface area contributed by atoms with Crippen LogP contribution in [-0.2, 0) is 27.8 Å². The van der Waals surface area contributed by atoms with Gasteiger partial charge < -0.3 is 9.32 Å². The predicted octanol–water partition coefficient (Wildman–Crippen LogP) is 3.44. The van der Waals surface area contributed by atoms with E-state index in [0.717, 1.165) is 31.2 Å². The highest BCUT2D eigenvalue weighted by Crippen LogP contribution is 2.21. The fraction of sp³-hybridized carbons (Fsp3) is 0.435. The highest BCUT2D eigenvalue weighted by molar-refractivity contribution is 7.89. The number of terminal acetylenes is 1. The number of hydrogen-bond acceptors (Lipinski definition) is 4.